The molecule has 0 aliphatic carbocycles. The van der Waals surface area contributed by atoms with Gasteiger partial charge in [0, 0.05) is 0 Å². The second-order valence-corrected chi connectivity index (χ2v) is 10.4. The van der Waals surface area contributed by atoms with Gasteiger partial charge in [-0.25, -0.2) is 4.98 Å². The fourth-order valence-electron chi connectivity index (χ4n) is 6.01. The third-order valence-corrected chi connectivity index (χ3v) is 7.91. The van der Waals surface area contributed by atoms with E-state index in [0.29, 0.717) is 6.61 Å². The van der Waals surface area contributed by atoms with Crippen LogP contribution in [0.15, 0.2) is 146 Å². The Morgan fingerprint density at radius 2 is 1.12 bits per heavy atom. The van der Waals surface area contributed by atoms with Crippen LogP contribution in [0.2, 0.25) is 0 Å². The lowest BCUT2D eigenvalue weighted by Crippen LogP contribution is -2.13. The predicted octanol–water partition coefficient (Wildman–Crippen LogP) is 9.59. The van der Waals surface area contributed by atoms with Crippen LogP contribution in [-0.2, 0) is 6.61 Å². The maximum absolute atomic E-state index is 6.23. The first-order chi connectivity index (χ1) is 20.3. The zero-order chi connectivity index (χ0) is 27.2. The van der Waals surface area contributed by atoms with Gasteiger partial charge in [0.2, 0.25) is 0 Å². The van der Waals surface area contributed by atoms with Gasteiger partial charge >= 0.3 is 0 Å². The Balaban J connectivity index is 1.27. The van der Waals surface area contributed by atoms with Gasteiger partial charge in [-0.05, 0) is 74.8 Å². The van der Waals surface area contributed by atoms with Crippen LogP contribution in [-0.4, -0.2) is 9.55 Å². The van der Waals surface area contributed by atoms with E-state index in [2.05, 4.69) is 144 Å². The van der Waals surface area contributed by atoms with E-state index in [1.807, 2.05) is 6.07 Å². The smallest absolute Gasteiger partial charge is 0.152 e. The summed E-state index contributed by atoms with van der Waals surface area (Å²) in [5.74, 6) is 1.80. The Morgan fingerprint density at radius 3 is 1.88 bits per heavy atom. The minimum atomic E-state index is 0.454. The van der Waals surface area contributed by atoms with Crippen LogP contribution in [0.25, 0.3) is 61.2 Å². The van der Waals surface area contributed by atoms with Crippen molar-refractivity contribution in [2.45, 2.75) is 6.61 Å². The highest BCUT2D eigenvalue weighted by Crippen LogP contribution is 2.42. The molecule has 1 aliphatic rings. The number of hydrogen-bond acceptors (Lipinski definition) is 2. The van der Waals surface area contributed by atoms with Gasteiger partial charge in [0.1, 0.15) is 12.4 Å². The summed E-state index contributed by atoms with van der Waals surface area (Å²) in [6, 6.07) is 51.5. The molecule has 3 heteroatoms. The molecule has 7 aromatic rings. The van der Waals surface area contributed by atoms with E-state index in [1.165, 1.54) is 33.4 Å². The van der Waals surface area contributed by atoms with Crippen molar-refractivity contribution in [3.05, 3.63) is 151 Å². The summed E-state index contributed by atoms with van der Waals surface area (Å²) in [6.07, 6.45) is 0. The van der Waals surface area contributed by atoms with Crippen molar-refractivity contribution in [1.82, 2.24) is 9.55 Å². The minimum absolute atomic E-state index is 0.454. The van der Waals surface area contributed by atoms with Crippen LogP contribution >= 0.6 is 0 Å². The van der Waals surface area contributed by atoms with E-state index in [4.69, 9.17) is 9.72 Å². The van der Waals surface area contributed by atoms with Gasteiger partial charge in [0.25, 0.3) is 0 Å². The number of imidazole rings is 1. The van der Waals surface area contributed by atoms with Crippen LogP contribution in [0.5, 0.6) is 5.75 Å². The number of hydrogen-bond donors (Lipinski definition) is 0. The standard InChI is InChI=1S/C38H26N2O/c1-3-11-26(12-4-1)31-17-10-18-32(27-13-5-2-6-14-27)38(31)30-16-9-15-28(23-30)29-21-22-35-36(24-29)41-25-37-39-33-19-7-8-20-34(33)40(35)37/h1-24H,25H2. The fourth-order valence-corrected chi connectivity index (χ4v) is 6.01. The van der Waals surface area contributed by atoms with E-state index < -0.39 is 0 Å². The number of fused-ring (bicyclic) bond motifs is 5. The molecule has 0 saturated heterocycles. The molecule has 6 aromatic carbocycles. The number of ether oxygens (including phenoxy) is 1. The maximum atomic E-state index is 6.23. The predicted molar refractivity (Wildman–Crippen MR) is 167 cm³/mol. The third-order valence-electron chi connectivity index (χ3n) is 7.91. The van der Waals surface area contributed by atoms with Crippen LogP contribution in [0.1, 0.15) is 5.82 Å². The van der Waals surface area contributed by atoms with Gasteiger partial charge in [-0.1, -0.05) is 115 Å². The summed E-state index contributed by atoms with van der Waals surface area (Å²) in [5, 5.41) is 0. The SMILES string of the molecule is c1ccc(-c2cccc(-c3ccccc3)c2-c2cccc(-c3ccc4c(c3)OCc3nc5ccccc5n3-4)c2)cc1. The molecule has 0 saturated carbocycles. The van der Waals surface area contributed by atoms with E-state index >= 15 is 0 Å². The lowest BCUT2D eigenvalue weighted by Gasteiger charge is -2.21. The van der Waals surface area contributed by atoms with Crippen molar-refractivity contribution in [3.8, 4) is 55.9 Å². The van der Waals surface area contributed by atoms with Crippen molar-refractivity contribution >= 4 is 11.0 Å². The summed E-state index contributed by atoms with van der Waals surface area (Å²) >= 11 is 0. The molecule has 2 heterocycles. The van der Waals surface area contributed by atoms with Crippen molar-refractivity contribution < 1.29 is 4.74 Å². The summed E-state index contributed by atoms with van der Waals surface area (Å²) in [7, 11) is 0. The van der Waals surface area contributed by atoms with Crippen LogP contribution < -0.4 is 4.74 Å². The largest absolute Gasteiger partial charge is 0.483 e. The topological polar surface area (TPSA) is 27.1 Å². The number of nitrogens with zero attached hydrogens (tertiary/aromatic N) is 2. The Morgan fingerprint density at radius 1 is 0.512 bits per heavy atom. The maximum Gasteiger partial charge on any atom is 0.152 e. The van der Waals surface area contributed by atoms with Crippen LogP contribution in [0.3, 0.4) is 0 Å². The molecule has 1 aliphatic heterocycles. The van der Waals surface area contributed by atoms with E-state index in [0.717, 1.165) is 39.4 Å². The summed E-state index contributed by atoms with van der Waals surface area (Å²) in [4.78, 5) is 4.78. The molecule has 0 atom stereocenters. The molecular formula is C38H26N2O. The lowest BCUT2D eigenvalue weighted by atomic mass is 9.86. The van der Waals surface area contributed by atoms with Crippen molar-refractivity contribution in [3.63, 3.8) is 0 Å². The molecule has 194 valence electrons. The lowest BCUT2D eigenvalue weighted by molar-refractivity contribution is 0.281. The van der Waals surface area contributed by atoms with Crippen molar-refractivity contribution in [2.24, 2.45) is 0 Å². The highest BCUT2D eigenvalue weighted by atomic mass is 16.5. The van der Waals surface area contributed by atoms with Gasteiger partial charge in [-0.3, -0.25) is 4.57 Å². The van der Waals surface area contributed by atoms with E-state index in [1.54, 1.807) is 0 Å². The monoisotopic (exact) mass is 526 g/mol. The first-order valence-electron chi connectivity index (χ1n) is 13.9. The Bertz CT molecular complexity index is 1980. The number of aromatic nitrogens is 2. The van der Waals surface area contributed by atoms with Gasteiger partial charge < -0.3 is 4.74 Å². The molecule has 41 heavy (non-hydrogen) atoms. The molecule has 1 aromatic heterocycles. The number of rotatable bonds is 4. The zero-order valence-electron chi connectivity index (χ0n) is 22.4. The second-order valence-electron chi connectivity index (χ2n) is 10.4. The summed E-state index contributed by atoms with van der Waals surface area (Å²) in [6.45, 7) is 0.454. The Kier molecular flexibility index (Phi) is 5.53. The Labute approximate surface area is 239 Å². The molecule has 0 radical (unpaired) electrons. The second kappa shape index (κ2) is 9.65. The van der Waals surface area contributed by atoms with E-state index in [-0.39, 0.29) is 0 Å². The molecule has 0 fully saturated rings. The molecule has 3 nitrogen and oxygen atoms in total. The fraction of sp³-hybridized carbons (Fsp3) is 0.0263. The highest BCUT2D eigenvalue weighted by Gasteiger charge is 2.22. The van der Waals surface area contributed by atoms with Gasteiger partial charge in [-0.2, -0.15) is 0 Å². The van der Waals surface area contributed by atoms with E-state index in [9.17, 15) is 0 Å². The summed E-state index contributed by atoms with van der Waals surface area (Å²) < 4.78 is 8.45. The molecule has 0 spiro atoms. The number of para-hydroxylation sites is 2. The van der Waals surface area contributed by atoms with Crippen molar-refractivity contribution in [1.29, 1.82) is 0 Å². The third kappa shape index (κ3) is 4.02. The molecule has 0 amide bonds. The summed E-state index contributed by atoms with van der Waals surface area (Å²) in [5.41, 5.74) is 12.7. The molecule has 0 bridgehead atoms. The Hall–Kier alpha value is -5.41. The average Bonchev–Trinajstić information content (AvgIpc) is 3.44. The van der Waals surface area contributed by atoms with Crippen LogP contribution in [0, 0.1) is 0 Å². The van der Waals surface area contributed by atoms with Gasteiger partial charge in [-0.15, -0.1) is 0 Å². The molecule has 0 unspecified atom stereocenters. The first-order valence-corrected chi connectivity index (χ1v) is 13.9. The molecular weight excluding hydrogens is 500 g/mol. The first kappa shape index (κ1) is 23.5. The van der Waals surface area contributed by atoms with Gasteiger partial charge in [0.05, 0.1) is 16.7 Å². The average molecular weight is 527 g/mol. The highest BCUT2D eigenvalue weighted by molar-refractivity contribution is 5.95. The number of benzene rings is 6. The minimum Gasteiger partial charge on any atom is -0.483 e. The quantitative estimate of drug-likeness (QED) is 0.228. The van der Waals surface area contributed by atoms with Crippen LogP contribution in [0.4, 0.5) is 0 Å². The normalized spacial score (nSPS) is 12.0. The van der Waals surface area contributed by atoms with Crippen molar-refractivity contribution in [2.75, 3.05) is 0 Å². The zero-order valence-corrected chi connectivity index (χ0v) is 22.4. The van der Waals surface area contributed by atoms with Gasteiger partial charge in [0.15, 0.2) is 5.82 Å². The molecule has 8 rings (SSSR count). The molecule has 0 N–H and O–H groups in total.